The molecule has 0 aliphatic rings. The van der Waals surface area contributed by atoms with Crippen molar-refractivity contribution in [2.24, 2.45) is 5.92 Å². The van der Waals surface area contributed by atoms with Gasteiger partial charge in [-0.2, -0.15) is 0 Å². The Hall–Kier alpha value is -1.78. The van der Waals surface area contributed by atoms with E-state index < -0.39 is 5.97 Å². The first-order chi connectivity index (χ1) is 8.04. The van der Waals surface area contributed by atoms with E-state index in [-0.39, 0.29) is 24.1 Å². The van der Waals surface area contributed by atoms with Gasteiger partial charge in [-0.1, -0.05) is 13.8 Å². The Labute approximate surface area is 100 Å². The zero-order valence-corrected chi connectivity index (χ0v) is 10.3. The number of hydrogen-bond acceptors (Lipinski definition) is 4. The van der Waals surface area contributed by atoms with Gasteiger partial charge in [0.2, 0.25) is 11.7 Å². The van der Waals surface area contributed by atoms with Crippen molar-refractivity contribution in [2.45, 2.75) is 27.3 Å². The van der Waals surface area contributed by atoms with Gasteiger partial charge < -0.3 is 14.5 Å². The summed E-state index contributed by atoms with van der Waals surface area (Å²) in [7, 11) is 0. The molecule has 1 rings (SSSR count). The second kappa shape index (κ2) is 6.08. The SMILES string of the molecule is CCOC(=O)c1ccc(CNC(=O)C(C)C)o1. The highest BCUT2D eigenvalue weighted by Gasteiger charge is 2.13. The van der Waals surface area contributed by atoms with Crippen molar-refractivity contribution in [1.82, 2.24) is 5.32 Å². The Morgan fingerprint density at radius 1 is 1.41 bits per heavy atom. The van der Waals surface area contributed by atoms with E-state index in [1.165, 1.54) is 6.07 Å². The summed E-state index contributed by atoms with van der Waals surface area (Å²) in [6, 6.07) is 3.18. The topological polar surface area (TPSA) is 68.5 Å². The Morgan fingerprint density at radius 2 is 2.12 bits per heavy atom. The molecule has 0 unspecified atom stereocenters. The molecular weight excluding hydrogens is 222 g/mol. The van der Waals surface area contributed by atoms with Crippen molar-refractivity contribution in [3.05, 3.63) is 23.7 Å². The maximum Gasteiger partial charge on any atom is 0.374 e. The molecule has 1 aromatic rings. The molecule has 1 amide bonds. The summed E-state index contributed by atoms with van der Waals surface area (Å²) >= 11 is 0. The minimum absolute atomic E-state index is 0.0564. The van der Waals surface area contributed by atoms with Crippen LogP contribution in [0, 0.1) is 5.92 Å². The van der Waals surface area contributed by atoms with Crippen LogP contribution >= 0.6 is 0 Å². The largest absolute Gasteiger partial charge is 0.460 e. The van der Waals surface area contributed by atoms with Gasteiger partial charge in [0.1, 0.15) is 5.76 Å². The zero-order valence-electron chi connectivity index (χ0n) is 10.3. The predicted molar refractivity (Wildman–Crippen MR) is 61.3 cm³/mol. The van der Waals surface area contributed by atoms with Crippen LogP contribution in [0.25, 0.3) is 0 Å². The third kappa shape index (κ3) is 3.94. The molecule has 1 N–H and O–H groups in total. The lowest BCUT2D eigenvalue weighted by molar-refractivity contribution is -0.124. The summed E-state index contributed by atoms with van der Waals surface area (Å²) < 4.78 is 10.0. The molecule has 1 heterocycles. The van der Waals surface area contributed by atoms with Gasteiger partial charge in [-0.3, -0.25) is 4.79 Å². The van der Waals surface area contributed by atoms with Crippen LogP contribution < -0.4 is 5.32 Å². The van der Waals surface area contributed by atoms with Gasteiger partial charge in [0.05, 0.1) is 13.2 Å². The van der Waals surface area contributed by atoms with Crippen LogP contribution in [-0.4, -0.2) is 18.5 Å². The summed E-state index contributed by atoms with van der Waals surface area (Å²) in [6.07, 6.45) is 0. The van der Waals surface area contributed by atoms with Crippen LogP contribution in [0.1, 0.15) is 37.1 Å². The number of esters is 1. The third-order valence-electron chi connectivity index (χ3n) is 2.10. The minimum Gasteiger partial charge on any atom is -0.460 e. The molecule has 0 aromatic carbocycles. The lowest BCUT2D eigenvalue weighted by atomic mass is 10.2. The lowest BCUT2D eigenvalue weighted by Gasteiger charge is -2.05. The third-order valence-corrected chi connectivity index (χ3v) is 2.10. The molecule has 1 aromatic heterocycles. The second-order valence-electron chi connectivity index (χ2n) is 3.86. The van der Waals surface area contributed by atoms with E-state index in [0.29, 0.717) is 12.4 Å². The Morgan fingerprint density at radius 3 is 2.71 bits per heavy atom. The van der Waals surface area contributed by atoms with Crippen molar-refractivity contribution >= 4 is 11.9 Å². The van der Waals surface area contributed by atoms with Gasteiger partial charge in [0.25, 0.3) is 0 Å². The minimum atomic E-state index is -0.492. The molecule has 0 aliphatic carbocycles. The standard InChI is InChI=1S/C12H17NO4/c1-4-16-12(15)10-6-5-9(17-10)7-13-11(14)8(2)3/h5-6,8H,4,7H2,1-3H3,(H,13,14). The molecule has 0 atom stereocenters. The Kier molecular flexibility index (Phi) is 4.75. The van der Waals surface area contributed by atoms with Gasteiger partial charge in [-0.15, -0.1) is 0 Å². The van der Waals surface area contributed by atoms with E-state index in [9.17, 15) is 9.59 Å². The van der Waals surface area contributed by atoms with Crippen LogP contribution in [0.4, 0.5) is 0 Å². The molecule has 94 valence electrons. The first-order valence-electron chi connectivity index (χ1n) is 5.58. The molecular formula is C12H17NO4. The van der Waals surface area contributed by atoms with Gasteiger partial charge in [-0.25, -0.2) is 4.79 Å². The zero-order chi connectivity index (χ0) is 12.8. The number of carbonyl (C=O) groups excluding carboxylic acids is 2. The summed E-state index contributed by atoms with van der Waals surface area (Å²) in [5, 5.41) is 2.70. The van der Waals surface area contributed by atoms with Crippen molar-refractivity contribution in [1.29, 1.82) is 0 Å². The smallest absolute Gasteiger partial charge is 0.374 e. The monoisotopic (exact) mass is 239 g/mol. The number of furan rings is 1. The van der Waals surface area contributed by atoms with Crippen molar-refractivity contribution in [3.8, 4) is 0 Å². The van der Waals surface area contributed by atoms with Crippen LogP contribution in [0.3, 0.4) is 0 Å². The van der Waals surface area contributed by atoms with E-state index in [4.69, 9.17) is 9.15 Å². The van der Waals surface area contributed by atoms with Crippen molar-refractivity contribution in [3.63, 3.8) is 0 Å². The maximum atomic E-state index is 11.3. The summed E-state index contributed by atoms with van der Waals surface area (Å²) in [5.41, 5.74) is 0. The van der Waals surface area contributed by atoms with E-state index in [1.807, 2.05) is 13.8 Å². The number of nitrogens with one attached hydrogen (secondary N) is 1. The number of ether oxygens (including phenoxy) is 1. The molecule has 5 nitrogen and oxygen atoms in total. The number of hydrogen-bond donors (Lipinski definition) is 1. The Balaban J connectivity index is 2.51. The molecule has 0 spiro atoms. The van der Waals surface area contributed by atoms with Gasteiger partial charge in [-0.05, 0) is 19.1 Å². The molecule has 5 heteroatoms. The first-order valence-corrected chi connectivity index (χ1v) is 5.58. The molecule has 17 heavy (non-hydrogen) atoms. The molecule has 0 saturated carbocycles. The normalized spacial score (nSPS) is 10.4. The van der Waals surface area contributed by atoms with Crippen LogP contribution in [-0.2, 0) is 16.1 Å². The number of amides is 1. The van der Waals surface area contributed by atoms with E-state index in [1.54, 1.807) is 13.0 Å². The molecule has 0 radical (unpaired) electrons. The van der Waals surface area contributed by atoms with E-state index in [2.05, 4.69) is 5.32 Å². The first kappa shape index (κ1) is 13.3. The molecule has 0 bridgehead atoms. The Bertz CT molecular complexity index is 395. The quantitative estimate of drug-likeness (QED) is 0.794. The van der Waals surface area contributed by atoms with Crippen LogP contribution in [0.5, 0.6) is 0 Å². The van der Waals surface area contributed by atoms with Gasteiger partial charge in [0, 0.05) is 5.92 Å². The fourth-order valence-electron chi connectivity index (χ4n) is 1.16. The second-order valence-corrected chi connectivity index (χ2v) is 3.86. The summed E-state index contributed by atoms with van der Waals surface area (Å²) in [6.45, 7) is 5.92. The highest BCUT2D eigenvalue weighted by Crippen LogP contribution is 2.09. The molecule has 0 saturated heterocycles. The maximum absolute atomic E-state index is 11.3. The average molecular weight is 239 g/mol. The van der Waals surface area contributed by atoms with E-state index in [0.717, 1.165) is 0 Å². The predicted octanol–water partition coefficient (Wildman–Crippen LogP) is 1.73. The van der Waals surface area contributed by atoms with Gasteiger partial charge in [0.15, 0.2) is 0 Å². The van der Waals surface area contributed by atoms with Crippen molar-refractivity contribution < 1.29 is 18.7 Å². The molecule has 0 fully saturated rings. The fraction of sp³-hybridized carbons (Fsp3) is 0.500. The van der Waals surface area contributed by atoms with Crippen LogP contribution in [0.15, 0.2) is 16.5 Å². The average Bonchev–Trinajstić information content (AvgIpc) is 2.74. The van der Waals surface area contributed by atoms with Crippen molar-refractivity contribution in [2.75, 3.05) is 6.61 Å². The fourth-order valence-corrected chi connectivity index (χ4v) is 1.16. The number of carbonyl (C=O) groups is 2. The lowest BCUT2D eigenvalue weighted by Crippen LogP contribution is -2.26. The highest BCUT2D eigenvalue weighted by molar-refractivity contribution is 5.86. The van der Waals surface area contributed by atoms with Crippen LogP contribution in [0.2, 0.25) is 0 Å². The number of rotatable bonds is 5. The highest BCUT2D eigenvalue weighted by atomic mass is 16.5. The molecule has 0 aliphatic heterocycles. The van der Waals surface area contributed by atoms with Gasteiger partial charge >= 0.3 is 5.97 Å². The van der Waals surface area contributed by atoms with E-state index >= 15 is 0 Å². The summed E-state index contributed by atoms with van der Waals surface area (Å²) in [4.78, 5) is 22.6. The summed E-state index contributed by atoms with van der Waals surface area (Å²) in [5.74, 6) is 0.0604.